The van der Waals surface area contributed by atoms with Crippen LogP contribution in [0.1, 0.15) is 31.7 Å². The molecule has 1 aromatic carbocycles. The Morgan fingerprint density at radius 1 is 1.42 bits per heavy atom. The van der Waals surface area contributed by atoms with E-state index in [2.05, 4.69) is 16.7 Å². The average molecular weight is 260 g/mol. The quantitative estimate of drug-likeness (QED) is 0.871. The molecular formula is C15H20N2O2. The maximum Gasteiger partial charge on any atom is 0.242 e. The molecule has 1 aliphatic heterocycles. The van der Waals surface area contributed by atoms with Crippen molar-refractivity contribution >= 4 is 11.6 Å². The lowest BCUT2D eigenvalue weighted by atomic mass is 10.1. The number of nitrogens with one attached hydrogen (secondary N) is 2. The van der Waals surface area contributed by atoms with Gasteiger partial charge < -0.3 is 15.4 Å². The third-order valence-corrected chi connectivity index (χ3v) is 3.61. The first-order chi connectivity index (χ1) is 9.22. The van der Waals surface area contributed by atoms with E-state index in [-0.39, 0.29) is 11.9 Å². The smallest absolute Gasteiger partial charge is 0.242 e. The van der Waals surface area contributed by atoms with Crippen LogP contribution in [0.15, 0.2) is 18.2 Å². The van der Waals surface area contributed by atoms with E-state index in [0.717, 1.165) is 43.7 Å². The highest BCUT2D eigenvalue weighted by atomic mass is 16.5. The van der Waals surface area contributed by atoms with Gasteiger partial charge >= 0.3 is 0 Å². The minimum atomic E-state index is -0.205. The lowest BCUT2D eigenvalue weighted by Gasteiger charge is -2.20. The van der Waals surface area contributed by atoms with Crippen LogP contribution < -0.4 is 15.4 Å². The van der Waals surface area contributed by atoms with Crippen LogP contribution in [0.4, 0.5) is 5.69 Å². The highest BCUT2D eigenvalue weighted by molar-refractivity contribution is 5.84. The van der Waals surface area contributed by atoms with Gasteiger partial charge in [0, 0.05) is 11.7 Å². The highest BCUT2D eigenvalue weighted by Gasteiger charge is 2.25. The summed E-state index contributed by atoms with van der Waals surface area (Å²) in [5.41, 5.74) is 2.22. The molecule has 1 fully saturated rings. The number of rotatable bonds is 4. The van der Waals surface area contributed by atoms with Crippen molar-refractivity contribution in [3.63, 3.8) is 0 Å². The molecule has 0 unspecified atom stereocenters. The van der Waals surface area contributed by atoms with E-state index in [1.54, 1.807) is 0 Å². The Balaban J connectivity index is 1.63. The number of hydrogen-bond acceptors (Lipinski definition) is 3. The molecule has 1 atom stereocenters. The lowest BCUT2D eigenvalue weighted by molar-refractivity contribution is -0.121. The Hall–Kier alpha value is -1.71. The maximum absolute atomic E-state index is 11.9. The fraction of sp³-hybridized carbons (Fsp3) is 0.533. The molecule has 1 amide bonds. The number of carbonyl (C=O) groups is 1. The molecule has 0 spiro atoms. The minimum absolute atomic E-state index is 0.0801. The SMILES string of the molecule is C[C@@H](Nc1ccc2c(c1)CCCO2)C(=O)NC1CC1. The van der Waals surface area contributed by atoms with Crippen molar-refractivity contribution < 1.29 is 9.53 Å². The predicted molar refractivity (Wildman–Crippen MR) is 74.5 cm³/mol. The Bertz CT molecular complexity index is 483. The van der Waals surface area contributed by atoms with Crippen LogP contribution in [0.5, 0.6) is 5.75 Å². The molecule has 4 heteroatoms. The summed E-state index contributed by atoms with van der Waals surface area (Å²) in [6.07, 6.45) is 4.35. The number of hydrogen-bond donors (Lipinski definition) is 2. The van der Waals surface area contributed by atoms with E-state index in [1.807, 2.05) is 19.1 Å². The highest BCUT2D eigenvalue weighted by Crippen LogP contribution is 2.27. The van der Waals surface area contributed by atoms with Crippen molar-refractivity contribution in [3.05, 3.63) is 23.8 Å². The van der Waals surface area contributed by atoms with E-state index in [0.29, 0.717) is 6.04 Å². The molecule has 3 rings (SSSR count). The minimum Gasteiger partial charge on any atom is -0.493 e. The van der Waals surface area contributed by atoms with Gasteiger partial charge in [0.1, 0.15) is 11.8 Å². The summed E-state index contributed by atoms with van der Waals surface area (Å²) in [6.45, 7) is 2.70. The number of fused-ring (bicyclic) bond motifs is 1. The second-order valence-corrected chi connectivity index (χ2v) is 5.42. The van der Waals surface area contributed by atoms with Gasteiger partial charge in [-0.3, -0.25) is 4.79 Å². The van der Waals surface area contributed by atoms with Gasteiger partial charge in [0.2, 0.25) is 5.91 Å². The molecule has 1 saturated carbocycles. The van der Waals surface area contributed by atoms with E-state index < -0.39 is 0 Å². The fourth-order valence-electron chi connectivity index (χ4n) is 2.32. The summed E-state index contributed by atoms with van der Waals surface area (Å²) < 4.78 is 5.58. The first-order valence-electron chi connectivity index (χ1n) is 7.05. The first kappa shape index (κ1) is 12.3. The van der Waals surface area contributed by atoms with Gasteiger partial charge in [0.05, 0.1) is 6.61 Å². The zero-order valence-electron chi connectivity index (χ0n) is 11.2. The standard InChI is InChI=1S/C15H20N2O2/c1-10(15(18)17-12-4-5-12)16-13-6-7-14-11(9-13)3-2-8-19-14/h6-7,9-10,12,16H,2-5,8H2,1H3,(H,17,18)/t10-/m1/s1. The largest absolute Gasteiger partial charge is 0.493 e. The fourth-order valence-corrected chi connectivity index (χ4v) is 2.32. The Kier molecular flexibility index (Phi) is 3.32. The lowest BCUT2D eigenvalue weighted by Crippen LogP contribution is -2.38. The van der Waals surface area contributed by atoms with E-state index in [9.17, 15) is 4.79 Å². The van der Waals surface area contributed by atoms with Gasteiger partial charge in [0.15, 0.2) is 0 Å². The van der Waals surface area contributed by atoms with Crippen LogP contribution >= 0.6 is 0 Å². The molecule has 0 bridgehead atoms. The summed E-state index contributed by atoms with van der Waals surface area (Å²) >= 11 is 0. The van der Waals surface area contributed by atoms with Crippen LogP contribution in [0, 0.1) is 0 Å². The van der Waals surface area contributed by atoms with Crippen LogP contribution in [0.25, 0.3) is 0 Å². The number of benzene rings is 1. The van der Waals surface area contributed by atoms with Crippen molar-refractivity contribution in [2.45, 2.75) is 44.7 Å². The monoisotopic (exact) mass is 260 g/mol. The topological polar surface area (TPSA) is 50.4 Å². The molecule has 0 radical (unpaired) electrons. The number of carbonyl (C=O) groups excluding carboxylic acids is 1. The molecule has 1 heterocycles. The molecule has 1 aliphatic carbocycles. The van der Waals surface area contributed by atoms with Gasteiger partial charge in [-0.1, -0.05) is 0 Å². The third kappa shape index (κ3) is 3.00. The van der Waals surface area contributed by atoms with Gasteiger partial charge in [-0.25, -0.2) is 0 Å². The van der Waals surface area contributed by atoms with Crippen LogP contribution in [-0.2, 0) is 11.2 Å². The molecular weight excluding hydrogens is 240 g/mol. The first-order valence-corrected chi connectivity index (χ1v) is 7.05. The predicted octanol–water partition coefficient (Wildman–Crippen LogP) is 2.09. The van der Waals surface area contributed by atoms with Crippen molar-refractivity contribution in [1.82, 2.24) is 5.32 Å². The average Bonchev–Trinajstić information content (AvgIpc) is 3.22. The van der Waals surface area contributed by atoms with Crippen LogP contribution in [0.3, 0.4) is 0 Å². The molecule has 2 aliphatic rings. The molecule has 0 saturated heterocycles. The van der Waals surface area contributed by atoms with Gasteiger partial charge in [0.25, 0.3) is 0 Å². The number of anilines is 1. The molecule has 2 N–H and O–H groups in total. The number of aryl methyl sites for hydroxylation is 1. The Labute approximate surface area is 113 Å². The Morgan fingerprint density at radius 3 is 3.05 bits per heavy atom. The van der Waals surface area contributed by atoms with Crippen molar-refractivity contribution in [2.24, 2.45) is 0 Å². The summed E-state index contributed by atoms with van der Waals surface area (Å²) in [6, 6.07) is 6.26. The van der Waals surface area contributed by atoms with Gasteiger partial charge in [-0.2, -0.15) is 0 Å². The summed E-state index contributed by atoms with van der Waals surface area (Å²) in [5, 5.41) is 6.27. The van der Waals surface area contributed by atoms with Crippen molar-refractivity contribution in [2.75, 3.05) is 11.9 Å². The normalized spacial score (nSPS) is 19.0. The molecule has 4 nitrogen and oxygen atoms in total. The van der Waals surface area contributed by atoms with E-state index >= 15 is 0 Å². The molecule has 1 aromatic rings. The van der Waals surface area contributed by atoms with Gasteiger partial charge in [-0.05, 0) is 56.4 Å². The van der Waals surface area contributed by atoms with E-state index in [4.69, 9.17) is 4.74 Å². The summed E-state index contributed by atoms with van der Waals surface area (Å²) in [4.78, 5) is 11.9. The number of ether oxygens (including phenoxy) is 1. The second kappa shape index (κ2) is 5.11. The second-order valence-electron chi connectivity index (χ2n) is 5.42. The zero-order chi connectivity index (χ0) is 13.2. The number of amides is 1. The van der Waals surface area contributed by atoms with Gasteiger partial charge in [-0.15, -0.1) is 0 Å². The van der Waals surface area contributed by atoms with Crippen LogP contribution in [0.2, 0.25) is 0 Å². The van der Waals surface area contributed by atoms with Crippen molar-refractivity contribution in [1.29, 1.82) is 0 Å². The van der Waals surface area contributed by atoms with Crippen LogP contribution in [-0.4, -0.2) is 24.6 Å². The maximum atomic E-state index is 11.9. The van der Waals surface area contributed by atoms with E-state index in [1.165, 1.54) is 5.56 Å². The summed E-state index contributed by atoms with van der Waals surface area (Å²) in [7, 11) is 0. The Morgan fingerprint density at radius 2 is 2.26 bits per heavy atom. The molecule has 19 heavy (non-hydrogen) atoms. The summed E-state index contributed by atoms with van der Waals surface area (Å²) in [5.74, 6) is 1.06. The van der Waals surface area contributed by atoms with Crippen molar-refractivity contribution in [3.8, 4) is 5.75 Å². The third-order valence-electron chi connectivity index (χ3n) is 3.61. The zero-order valence-corrected chi connectivity index (χ0v) is 11.2. The molecule has 102 valence electrons. The molecule has 0 aromatic heterocycles.